The molecule has 16 atom stereocenters. The summed E-state index contributed by atoms with van der Waals surface area (Å²) in [5.74, 6) is 0.497. The Kier molecular flexibility index (Phi) is 15.5. The van der Waals surface area contributed by atoms with Gasteiger partial charge in [-0.2, -0.15) is 0 Å². The van der Waals surface area contributed by atoms with E-state index in [1.165, 1.54) is 64.2 Å². The molecule has 7 aliphatic rings. The number of allylic oxidation sites excluding steroid dienone is 1. The third-order valence-electron chi connectivity index (χ3n) is 17.4. The predicted octanol–water partition coefficient (Wildman–Crippen LogP) is 7.21. The molecule has 5 fully saturated rings. The first-order chi connectivity index (χ1) is 29.7. The zero-order chi connectivity index (χ0) is 44.4. The molecule has 12 heteroatoms. The van der Waals surface area contributed by atoms with Crippen molar-refractivity contribution in [2.45, 2.75) is 218 Å². The molecular weight excluding hydrogens is 793 g/mol. The van der Waals surface area contributed by atoms with Crippen LogP contribution in [0.25, 0.3) is 0 Å². The molecule has 3 heterocycles. The van der Waals surface area contributed by atoms with E-state index in [9.17, 15) is 34.8 Å². The standard InChI is InChI=1S/C50H78O12/c1-6-7-8-9-10-11-12-13-14-15-16-17-18-19-42(53)58-29-38-43(54)44(55)45(56)47(61-38)59-28-33-30(2)26-37(60-46(33)57)31(3)34-20-21-35-32-27-41-50(62-41)40(52)23-22-39(51)49(50,5)36(32)24-25-48(34,35)4/h22-23,31-32,34-38,40-41,43-45,47,52,54-56H,6-21,24-29H2,1-5H3/t31-,32-,34+,35-,36-,37?,38?,40?,41?,43?,44?,45?,47?,48+,49-,50?/m0/s1. The number of ketones is 1. The molecule has 0 aromatic rings. The number of unbranched alkanes of at least 4 members (excludes halogenated alkanes) is 12. The first-order valence-electron chi connectivity index (χ1n) is 24.6. The van der Waals surface area contributed by atoms with Crippen molar-refractivity contribution in [3.05, 3.63) is 23.3 Å². The van der Waals surface area contributed by atoms with E-state index in [0.29, 0.717) is 36.2 Å². The summed E-state index contributed by atoms with van der Waals surface area (Å²) in [6.45, 7) is 10.3. The summed E-state index contributed by atoms with van der Waals surface area (Å²) in [5, 5.41) is 43.1. The third kappa shape index (κ3) is 9.15. The maximum Gasteiger partial charge on any atom is 0.336 e. The second-order valence-corrected chi connectivity index (χ2v) is 20.9. The lowest BCUT2D eigenvalue weighted by Crippen LogP contribution is -2.63. The van der Waals surface area contributed by atoms with Crippen molar-refractivity contribution in [1.29, 1.82) is 0 Å². The minimum Gasteiger partial charge on any atom is -0.463 e. The fourth-order valence-electron chi connectivity index (χ4n) is 13.6. The number of rotatable bonds is 21. The van der Waals surface area contributed by atoms with E-state index in [-0.39, 0.29) is 54.9 Å². The Balaban J connectivity index is 0.849. The van der Waals surface area contributed by atoms with Crippen LogP contribution in [0, 0.1) is 40.4 Å². The van der Waals surface area contributed by atoms with Crippen LogP contribution in [0.4, 0.5) is 0 Å². The van der Waals surface area contributed by atoms with Crippen molar-refractivity contribution in [3.8, 4) is 0 Å². The second kappa shape index (κ2) is 20.1. The normalized spacial score (nSPS) is 41.5. The molecule has 7 rings (SSSR count). The number of epoxide rings is 1. The Morgan fingerprint density at radius 3 is 2.19 bits per heavy atom. The number of aliphatic hydroxyl groups is 4. The number of carbonyl (C=O) groups is 3. The number of hydrogen-bond acceptors (Lipinski definition) is 12. The van der Waals surface area contributed by atoms with E-state index in [1.807, 2.05) is 13.8 Å². The summed E-state index contributed by atoms with van der Waals surface area (Å²) in [6.07, 6.45) is 16.1. The van der Waals surface area contributed by atoms with E-state index in [2.05, 4.69) is 20.8 Å². The minimum absolute atomic E-state index is 0.0162. The van der Waals surface area contributed by atoms with Crippen molar-refractivity contribution in [3.63, 3.8) is 0 Å². The van der Waals surface area contributed by atoms with E-state index >= 15 is 0 Å². The van der Waals surface area contributed by atoms with Gasteiger partial charge in [-0.1, -0.05) is 103 Å². The van der Waals surface area contributed by atoms with Crippen LogP contribution in [0.2, 0.25) is 0 Å². The van der Waals surface area contributed by atoms with Crippen LogP contribution < -0.4 is 0 Å². The highest BCUT2D eigenvalue weighted by Gasteiger charge is 2.80. The maximum absolute atomic E-state index is 13.6. The highest BCUT2D eigenvalue weighted by Crippen LogP contribution is 2.73. The predicted molar refractivity (Wildman–Crippen MR) is 231 cm³/mol. The van der Waals surface area contributed by atoms with Gasteiger partial charge in [0.25, 0.3) is 0 Å². The van der Waals surface area contributed by atoms with Gasteiger partial charge in [0.15, 0.2) is 12.1 Å². The van der Waals surface area contributed by atoms with Crippen molar-refractivity contribution in [1.82, 2.24) is 0 Å². The first-order valence-corrected chi connectivity index (χ1v) is 24.6. The number of cyclic esters (lactones) is 1. The van der Waals surface area contributed by atoms with E-state index in [1.54, 1.807) is 12.2 Å². The average molecular weight is 871 g/mol. The number of hydrogen-bond donors (Lipinski definition) is 4. The Bertz CT molecular complexity index is 1640. The number of carbonyl (C=O) groups excluding carboxylic acids is 3. The number of aliphatic hydroxyl groups excluding tert-OH is 4. The van der Waals surface area contributed by atoms with Crippen LogP contribution >= 0.6 is 0 Å². The maximum atomic E-state index is 13.6. The van der Waals surface area contributed by atoms with Crippen molar-refractivity contribution in [2.24, 2.45) is 40.4 Å². The van der Waals surface area contributed by atoms with Gasteiger partial charge in [-0.15, -0.1) is 0 Å². The van der Waals surface area contributed by atoms with Crippen LogP contribution in [0.5, 0.6) is 0 Å². The smallest absolute Gasteiger partial charge is 0.336 e. The van der Waals surface area contributed by atoms with Crippen molar-refractivity contribution < 1.29 is 58.5 Å². The van der Waals surface area contributed by atoms with Crippen LogP contribution in [-0.2, 0) is 38.1 Å². The highest BCUT2D eigenvalue weighted by atomic mass is 16.7. The fraction of sp³-hybridized carbons (Fsp3) is 0.860. The zero-order valence-corrected chi connectivity index (χ0v) is 38.3. The molecule has 0 radical (unpaired) electrons. The Morgan fingerprint density at radius 1 is 0.871 bits per heavy atom. The summed E-state index contributed by atoms with van der Waals surface area (Å²) in [4.78, 5) is 39.7. The molecule has 12 nitrogen and oxygen atoms in total. The lowest BCUT2D eigenvalue weighted by atomic mass is 9.44. The molecule has 0 aromatic heterocycles. The van der Waals surface area contributed by atoms with Crippen LogP contribution in [-0.4, -0.2) is 106 Å². The topological polar surface area (TPSA) is 182 Å². The van der Waals surface area contributed by atoms with Gasteiger partial charge in [0.1, 0.15) is 48.8 Å². The molecule has 350 valence electrons. The van der Waals surface area contributed by atoms with Gasteiger partial charge in [0, 0.05) is 12.8 Å². The molecule has 0 amide bonds. The quantitative estimate of drug-likeness (QED) is 0.0518. The molecule has 0 aromatic carbocycles. The molecule has 3 aliphatic heterocycles. The molecule has 2 saturated heterocycles. The summed E-state index contributed by atoms with van der Waals surface area (Å²) in [6, 6.07) is 0. The van der Waals surface area contributed by atoms with Crippen LogP contribution in [0.3, 0.4) is 0 Å². The summed E-state index contributed by atoms with van der Waals surface area (Å²) >= 11 is 0. The summed E-state index contributed by atoms with van der Waals surface area (Å²) < 4.78 is 29.6. The SMILES string of the molecule is CCCCCCCCCCCCCCCC(=O)OCC1OC(OCC2=C(C)CC([C@@H](C)[C@H]3CC[C@H]4[C@@H]5CC6OC67C(O)C=CC(=O)[C@]7(C)[C@H]5CC[C@]34C)OC2=O)C(O)C(O)C1O. The lowest BCUT2D eigenvalue weighted by molar-refractivity contribution is -0.299. The van der Waals surface area contributed by atoms with Gasteiger partial charge in [-0.25, -0.2) is 4.79 Å². The third-order valence-corrected chi connectivity index (χ3v) is 17.4. The van der Waals surface area contributed by atoms with Gasteiger partial charge in [-0.05, 0) is 99.5 Å². The summed E-state index contributed by atoms with van der Waals surface area (Å²) in [7, 11) is 0. The second-order valence-electron chi connectivity index (χ2n) is 20.9. The Labute approximate surface area is 369 Å². The van der Waals surface area contributed by atoms with E-state index < -0.39 is 59.8 Å². The molecule has 4 N–H and O–H groups in total. The number of esters is 2. The molecule has 4 aliphatic carbocycles. The van der Waals surface area contributed by atoms with Crippen molar-refractivity contribution >= 4 is 17.7 Å². The molecule has 62 heavy (non-hydrogen) atoms. The van der Waals surface area contributed by atoms with Gasteiger partial charge in [0.05, 0.1) is 23.7 Å². The van der Waals surface area contributed by atoms with Crippen LogP contribution in [0.1, 0.15) is 163 Å². The molecule has 0 bridgehead atoms. The lowest BCUT2D eigenvalue weighted by Gasteiger charge is -2.58. The van der Waals surface area contributed by atoms with Gasteiger partial charge in [-0.3, -0.25) is 9.59 Å². The van der Waals surface area contributed by atoms with Gasteiger partial charge in [0.2, 0.25) is 0 Å². The summed E-state index contributed by atoms with van der Waals surface area (Å²) in [5.41, 5.74) is -0.337. The molecule has 9 unspecified atom stereocenters. The molecular formula is C50H78O12. The Morgan fingerprint density at radius 2 is 1.53 bits per heavy atom. The van der Waals surface area contributed by atoms with E-state index in [0.717, 1.165) is 50.5 Å². The Hall–Kier alpha value is -2.19. The van der Waals surface area contributed by atoms with E-state index in [4.69, 9.17) is 23.7 Å². The minimum atomic E-state index is -1.61. The number of ether oxygens (including phenoxy) is 5. The van der Waals surface area contributed by atoms with Crippen molar-refractivity contribution in [2.75, 3.05) is 13.2 Å². The van der Waals surface area contributed by atoms with Gasteiger partial charge < -0.3 is 44.1 Å². The fourth-order valence-corrected chi connectivity index (χ4v) is 13.6. The number of fused-ring (bicyclic) bond motifs is 4. The molecule has 1 spiro atoms. The highest BCUT2D eigenvalue weighted by molar-refractivity contribution is 5.98. The molecule has 3 saturated carbocycles. The van der Waals surface area contributed by atoms with Gasteiger partial charge >= 0.3 is 11.9 Å². The van der Waals surface area contributed by atoms with Crippen LogP contribution in [0.15, 0.2) is 23.3 Å². The zero-order valence-electron chi connectivity index (χ0n) is 38.3. The monoisotopic (exact) mass is 871 g/mol. The average Bonchev–Trinajstić information content (AvgIpc) is 3.89. The largest absolute Gasteiger partial charge is 0.463 e. The first kappa shape index (κ1) is 47.8.